The highest BCUT2D eigenvalue weighted by molar-refractivity contribution is 7.47. The molecule has 0 saturated carbocycles. The predicted octanol–water partition coefficient (Wildman–Crippen LogP) is 22.3. The summed E-state index contributed by atoms with van der Waals surface area (Å²) in [5.74, 6) is -0.571. The quantitative estimate of drug-likeness (QED) is 0.0222. The monoisotopic (exact) mass is 1400 g/mol. The van der Waals surface area contributed by atoms with Gasteiger partial charge in [-0.1, -0.05) is 343 Å². The van der Waals surface area contributed by atoms with Crippen LogP contribution in [0.2, 0.25) is 0 Å². The number of ether oxygens (including phenoxy) is 4. The number of aliphatic hydroxyl groups excluding tert-OH is 1. The SMILES string of the molecule is CCCCCCCCCCCCCCCCCCCCCCC(=O)O[C@H](COC(=O)CCCCCCCCCCC(C)CC)COP(=O)(O)OC[C@@H](O)COP(=O)(O)OC[C@@H](COC(=O)CCCCCCCCCCCCC)OC(=O)CCCCCCCCCCC(C)CC. The molecule has 0 aliphatic heterocycles. The summed E-state index contributed by atoms with van der Waals surface area (Å²) in [5, 5.41) is 10.6. The second-order valence-corrected chi connectivity index (χ2v) is 30.8. The van der Waals surface area contributed by atoms with Crippen molar-refractivity contribution >= 4 is 39.5 Å². The molecule has 0 aromatic heterocycles. The third-order valence-electron chi connectivity index (χ3n) is 18.4. The van der Waals surface area contributed by atoms with E-state index in [1.807, 2.05) is 0 Å². The lowest BCUT2D eigenvalue weighted by Crippen LogP contribution is -2.30. The average Bonchev–Trinajstić information content (AvgIpc) is 1.72. The van der Waals surface area contributed by atoms with Gasteiger partial charge in [-0.15, -0.1) is 0 Å². The summed E-state index contributed by atoms with van der Waals surface area (Å²) < 4.78 is 68.5. The standard InChI is InChI=1S/C76H148O17P2/c1-7-11-13-15-17-19-21-22-23-24-25-26-27-28-29-31-33-42-48-54-60-75(80)92-71(65-87-74(79)59-53-47-41-36-34-38-44-50-56-68(5)9-3)66-90-94(82,83)88-62-70(77)63-89-95(84,85)91-67-72(64-86-73(78)58-52-46-40-32-30-20-18-16-14-12-8-2)93-76(81)61-55-49-43-37-35-39-45-51-57-69(6)10-4/h68-72,77H,7-67H2,1-6H3,(H,82,83)(H,84,85)/t68?,69?,70-,71-,72-/m1/s1. The van der Waals surface area contributed by atoms with Gasteiger partial charge < -0.3 is 33.8 Å². The summed E-state index contributed by atoms with van der Waals surface area (Å²) in [6, 6.07) is 0. The summed E-state index contributed by atoms with van der Waals surface area (Å²) >= 11 is 0. The molecule has 7 atom stereocenters. The molecule has 0 fully saturated rings. The van der Waals surface area contributed by atoms with Crippen LogP contribution in [-0.2, 0) is 65.4 Å². The van der Waals surface area contributed by atoms with E-state index in [0.717, 1.165) is 102 Å². The first-order chi connectivity index (χ1) is 45.9. The highest BCUT2D eigenvalue weighted by Crippen LogP contribution is 2.45. The van der Waals surface area contributed by atoms with Crippen molar-refractivity contribution in [3.8, 4) is 0 Å². The van der Waals surface area contributed by atoms with E-state index in [9.17, 15) is 43.2 Å². The Morgan fingerprint density at radius 3 is 0.747 bits per heavy atom. The highest BCUT2D eigenvalue weighted by atomic mass is 31.2. The van der Waals surface area contributed by atoms with Crippen LogP contribution in [0.1, 0.15) is 395 Å². The second-order valence-electron chi connectivity index (χ2n) is 27.9. The molecule has 0 heterocycles. The number of phosphoric ester groups is 2. The number of rotatable bonds is 75. The Morgan fingerprint density at radius 1 is 0.295 bits per heavy atom. The Kier molecular flexibility index (Phi) is 66.5. The Labute approximate surface area is 581 Å². The van der Waals surface area contributed by atoms with Crippen LogP contribution in [0.4, 0.5) is 0 Å². The number of carbonyl (C=O) groups excluding carboxylic acids is 4. The van der Waals surface area contributed by atoms with Gasteiger partial charge in [0.25, 0.3) is 0 Å². The van der Waals surface area contributed by atoms with Crippen LogP contribution in [0.15, 0.2) is 0 Å². The molecule has 17 nitrogen and oxygen atoms in total. The minimum Gasteiger partial charge on any atom is -0.462 e. The van der Waals surface area contributed by atoms with Crippen LogP contribution in [0.25, 0.3) is 0 Å². The van der Waals surface area contributed by atoms with E-state index in [2.05, 4.69) is 41.5 Å². The van der Waals surface area contributed by atoms with E-state index in [0.29, 0.717) is 25.7 Å². The van der Waals surface area contributed by atoms with Crippen molar-refractivity contribution in [2.24, 2.45) is 11.8 Å². The van der Waals surface area contributed by atoms with Gasteiger partial charge in [-0.05, 0) is 37.5 Å². The fraction of sp³-hybridized carbons (Fsp3) is 0.947. The Hall–Kier alpha value is -1.94. The van der Waals surface area contributed by atoms with Crippen molar-refractivity contribution in [1.29, 1.82) is 0 Å². The van der Waals surface area contributed by atoms with Crippen molar-refractivity contribution in [2.45, 2.75) is 413 Å². The van der Waals surface area contributed by atoms with Crippen molar-refractivity contribution in [3.05, 3.63) is 0 Å². The van der Waals surface area contributed by atoms with Gasteiger partial charge in [-0.2, -0.15) is 0 Å². The van der Waals surface area contributed by atoms with Gasteiger partial charge in [-0.25, -0.2) is 9.13 Å². The fourth-order valence-corrected chi connectivity index (χ4v) is 13.2. The molecule has 0 amide bonds. The lowest BCUT2D eigenvalue weighted by atomic mass is 9.99. The summed E-state index contributed by atoms with van der Waals surface area (Å²) in [6.45, 7) is 9.59. The Balaban J connectivity index is 5.22. The molecule has 0 aromatic carbocycles. The molecular formula is C76H148O17P2. The van der Waals surface area contributed by atoms with E-state index in [1.54, 1.807) is 0 Å². The van der Waals surface area contributed by atoms with E-state index >= 15 is 0 Å². The number of unbranched alkanes of at least 4 members (excludes halogenated alkanes) is 43. The van der Waals surface area contributed by atoms with Gasteiger partial charge in [0.1, 0.15) is 19.3 Å². The molecule has 0 aromatic rings. The van der Waals surface area contributed by atoms with Crippen LogP contribution in [0, 0.1) is 11.8 Å². The van der Waals surface area contributed by atoms with Crippen molar-refractivity contribution in [3.63, 3.8) is 0 Å². The van der Waals surface area contributed by atoms with Crippen LogP contribution in [-0.4, -0.2) is 96.7 Å². The maximum Gasteiger partial charge on any atom is 0.472 e. The molecule has 0 bridgehead atoms. The minimum atomic E-state index is -4.96. The number of carbonyl (C=O) groups is 4. The van der Waals surface area contributed by atoms with Crippen LogP contribution in [0.5, 0.6) is 0 Å². The zero-order valence-electron chi connectivity index (χ0n) is 62.0. The van der Waals surface area contributed by atoms with Crippen molar-refractivity contribution < 1.29 is 80.2 Å². The summed E-state index contributed by atoms with van der Waals surface area (Å²) in [5.41, 5.74) is 0. The van der Waals surface area contributed by atoms with Gasteiger partial charge in [0, 0.05) is 25.7 Å². The molecule has 95 heavy (non-hydrogen) atoms. The minimum absolute atomic E-state index is 0.105. The molecule has 0 spiro atoms. The van der Waals surface area contributed by atoms with Crippen molar-refractivity contribution in [2.75, 3.05) is 39.6 Å². The van der Waals surface area contributed by atoms with E-state index < -0.39 is 97.5 Å². The molecular weight excluding hydrogens is 1250 g/mol. The summed E-state index contributed by atoms with van der Waals surface area (Å²) in [7, 11) is -9.91. The van der Waals surface area contributed by atoms with E-state index in [4.69, 9.17) is 37.0 Å². The predicted molar refractivity (Wildman–Crippen MR) is 386 cm³/mol. The maximum atomic E-state index is 13.1. The molecule has 4 unspecified atom stereocenters. The first-order valence-electron chi connectivity index (χ1n) is 39.6. The topological polar surface area (TPSA) is 237 Å². The smallest absolute Gasteiger partial charge is 0.462 e. The number of phosphoric acid groups is 2. The van der Waals surface area contributed by atoms with Gasteiger partial charge in [0.15, 0.2) is 12.2 Å². The lowest BCUT2D eigenvalue weighted by Gasteiger charge is -2.21. The molecule has 564 valence electrons. The molecule has 0 aliphatic carbocycles. The third-order valence-corrected chi connectivity index (χ3v) is 20.3. The van der Waals surface area contributed by atoms with Gasteiger partial charge in [0.2, 0.25) is 0 Å². The molecule has 0 rings (SSSR count). The van der Waals surface area contributed by atoms with Crippen LogP contribution in [0.3, 0.4) is 0 Å². The average molecular weight is 1400 g/mol. The summed E-state index contributed by atoms with van der Waals surface area (Å²) in [4.78, 5) is 72.8. The first-order valence-corrected chi connectivity index (χ1v) is 42.6. The lowest BCUT2D eigenvalue weighted by molar-refractivity contribution is -0.161. The highest BCUT2D eigenvalue weighted by Gasteiger charge is 2.30. The van der Waals surface area contributed by atoms with Crippen molar-refractivity contribution in [1.82, 2.24) is 0 Å². The second kappa shape index (κ2) is 67.9. The normalized spacial score (nSPS) is 14.6. The maximum absolute atomic E-state index is 13.1. The third kappa shape index (κ3) is 67.6. The number of aliphatic hydroxyl groups is 1. The molecule has 3 N–H and O–H groups in total. The van der Waals surface area contributed by atoms with Crippen LogP contribution < -0.4 is 0 Å². The largest absolute Gasteiger partial charge is 0.472 e. The zero-order valence-corrected chi connectivity index (χ0v) is 63.8. The van der Waals surface area contributed by atoms with Gasteiger partial charge in [-0.3, -0.25) is 37.3 Å². The van der Waals surface area contributed by atoms with Gasteiger partial charge >= 0.3 is 39.5 Å². The zero-order chi connectivity index (χ0) is 70.0. The Bertz CT molecular complexity index is 1840. The van der Waals surface area contributed by atoms with E-state index in [1.165, 1.54) is 212 Å². The molecule has 0 aliphatic rings. The first kappa shape index (κ1) is 93.1. The number of hydrogen-bond acceptors (Lipinski definition) is 15. The van der Waals surface area contributed by atoms with Crippen LogP contribution >= 0.6 is 15.6 Å². The molecule has 0 radical (unpaired) electrons. The van der Waals surface area contributed by atoms with E-state index in [-0.39, 0.29) is 25.7 Å². The number of esters is 4. The Morgan fingerprint density at radius 2 is 0.505 bits per heavy atom. The number of hydrogen-bond donors (Lipinski definition) is 3. The fourth-order valence-electron chi connectivity index (χ4n) is 11.6. The molecule has 19 heteroatoms. The summed E-state index contributed by atoms with van der Waals surface area (Å²) in [6.07, 6.45) is 55.4. The van der Waals surface area contributed by atoms with Gasteiger partial charge in [0.05, 0.1) is 26.4 Å². The molecule has 0 saturated heterocycles.